The fraction of sp³-hybridized carbons (Fsp3) is 0.242. The normalized spacial score (nSPS) is 13.1. The van der Waals surface area contributed by atoms with Crippen LogP contribution < -0.4 is 10.2 Å². The van der Waals surface area contributed by atoms with Crippen molar-refractivity contribution in [3.05, 3.63) is 112 Å². The number of benzene rings is 4. The summed E-state index contributed by atoms with van der Waals surface area (Å²) in [6, 6.07) is 25.2. The van der Waals surface area contributed by atoms with Gasteiger partial charge in [0, 0.05) is 30.5 Å². The van der Waals surface area contributed by atoms with Crippen molar-refractivity contribution in [3.8, 4) is 0 Å². The Morgan fingerprint density at radius 3 is 2.32 bits per heavy atom. The Kier molecular flexibility index (Phi) is 8.62. The second kappa shape index (κ2) is 12.3. The zero-order valence-electron chi connectivity index (χ0n) is 22.9. The van der Waals surface area contributed by atoms with Crippen molar-refractivity contribution < 1.29 is 14.4 Å². The van der Waals surface area contributed by atoms with Gasteiger partial charge < -0.3 is 10.2 Å². The van der Waals surface area contributed by atoms with Crippen molar-refractivity contribution in [2.45, 2.75) is 32.9 Å². The Bertz CT molecular complexity index is 1600. The molecule has 0 fully saturated rings. The molecule has 0 aromatic heterocycles. The smallest absolute Gasteiger partial charge is 0.259 e. The maximum absolute atomic E-state index is 14.2. The first kappa shape index (κ1) is 28.7. The van der Waals surface area contributed by atoms with Gasteiger partial charge in [-0.15, -0.1) is 0 Å². The summed E-state index contributed by atoms with van der Waals surface area (Å²) in [5, 5.41) is 5.54. The molecule has 8 heteroatoms. The first-order chi connectivity index (χ1) is 19.7. The quantitative estimate of drug-likeness (QED) is 0.229. The summed E-state index contributed by atoms with van der Waals surface area (Å²) < 4.78 is 0. The van der Waals surface area contributed by atoms with E-state index in [1.807, 2.05) is 74.5 Å². The minimum absolute atomic E-state index is 0.113. The number of nitrogens with one attached hydrogen (secondary N) is 1. The third-order valence-corrected chi connectivity index (χ3v) is 7.97. The van der Waals surface area contributed by atoms with Gasteiger partial charge in [0.25, 0.3) is 5.91 Å². The fourth-order valence-corrected chi connectivity index (χ4v) is 5.49. The van der Waals surface area contributed by atoms with Crippen LogP contribution in [0.15, 0.2) is 84.9 Å². The van der Waals surface area contributed by atoms with Crippen LogP contribution in [0.25, 0.3) is 10.8 Å². The maximum atomic E-state index is 14.2. The van der Waals surface area contributed by atoms with E-state index in [-0.39, 0.29) is 36.7 Å². The largest absolute Gasteiger partial charge is 0.354 e. The molecule has 210 valence electrons. The van der Waals surface area contributed by atoms with Crippen molar-refractivity contribution in [3.63, 3.8) is 0 Å². The first-order valence-corrected chi connectivity index (χ1v) is 14.4. The van der Waals surface area contributed by atoms with E-state index in [1.165, 1.54) is 4.90 Å². The number of hydrogen-bond donors (Lipinski definition) is 1. The molecule has 1 N–H and O–H groups in total. The molecule has 1 aliphatic heterocycles. The lowest BCUT2D eigenvalue weighted by Crippen LogP contribution is -2.53. The number of halogens is 2. The Morgan fingerprint density at radius 1 is 0.878 bits per heavy atom. The summed E-state index contributed by atoms with van der Waals surface area (Å²) in [6.07, 6.45) is 0.307. The standard InChI is InChI=1S/C33H31Cl2N3O3/c1-21(2)18-36-32(40)29(17-22-8-4-3-5-9-22)37(19-23-14-15-26(34)27(35)16-23)30(39)20-38-28-13-7-11-24-10-6-12-25(31(24)28)33(38)41/h3-16,21,29H,17-20H2,1-2H3,(H,36,40)/t29-/m0/s1. The summed E-state index contributed by atoms with van der Waals surface area (Å²) in [5.41, 5.74) is 2.89. The number of carbonyl (C=O) groups excluding carboxylic acids is 3. The molecule has 5 rings (SSSR count). The molecular weight excluding hydrogens is 557 g/mol. The molecule has 0 saturated carbocycles. The third-order valence-electron chi connectivity index (χ3n) is 7.24. The monoisotopic (exact) mass is 587 g/mol. The van der Waals surface area contributed by atoms with Gasteiger partial charge in [0.15, 0.2) is 0 Å². The van der Waals surface area contributed by atoms with Gasteiger partial charge in [-0.25, -0.2) is 0 Å². The molecule has 1 aliphatic rings. The fourth-order valence-electron chi connectivity index (χ4n) is 5.17. The average molecular weight is 589 g/mol. The summed E-state index contributed by atoms with van der Waals surface area (Å²) >= 11 is 12.5. The molecule has 6 nitrogen and oxygen atoms in total. The summed E-state index contributed by atoms with van der Waals surface area (Å²) in [7, 11) is 0. The second-order valence-electron chi connectivity index (χ2n) is 10.7. The Hall–Kier alpha value is -3.87. The molecule has 41 heavy (non-hydrogen) atoms. The van der Waals surface area contributed by atoms with E-state index < -0.39 is 6.04 Å². The summed E-state index contributed by atoms with van der Waals surface area (Å²) in [6.45, 7) is 4.41. The summed E-state index contributed by atoms with van der Waals surface area (Å²) in [5.74, 6) is -0.607. The molecule has 1 heterocycles. The Labute approximate surface area is 249 Å². The van der Waals surface area contributed by atoms with Gasteiger partial charge >= 0.3 is 0 Å². The number of amides is 3. The van der Waals surface area contributed by atoms with Crippen LogP contribution in [-0.2, 0) is 22.6 Å². The highest BCUT2D eigenvalue weighted by atomic mass is 35.5. The van der Waals surface area contributed by atoms with E-state index in [4.69, 9.17) is 23.2 Å². The van der Waals surface area contributed by atoms with Crippen molar-refractivity contribution >= 4 is 57.4 Å². The van der Waals surface area contributed by atoms with Crippen LogP contribution in [0.1, 0.15) is 35.3 Å². The molecule has 0 radical (unpaired) electrons. The van der Waals surface area contributed by atoms with E-state index >= 15 is 0 Å². The molecule has 0 aliphatic carbocycles. The highest BCUT2D eigenvalue weighted by Gasteiger charge is 2.35. The predicted octanol–water partition coefficient (Wildman–Crippen LogP) is 6.52. The number of rotatable bonds is 10. The predicted molar refractivity (Wildman–Crippen MR) is 164 cm³/mol. The van der Waals surface area contributed by atoms with Crippen LogP contribution in [0.5, 0.6) is 0 Å². The summed E-state index contributed by atoms with van der Waals surface area (Å²) in [4.78, 5) is 44.5. The molecule has 0 saturated heterocycles. The van der Waals surface area contributed by atoms with E-state index in [1.54, 1.807) is 29.2 Å². The maximum Gasteiger partial charge on any atom is 0.259 e. The topological polar surface area (TPSA) is 69.7 Å². The zero-order chi connectivity index (χ0) is 29.1. The van der Waals surface area contributed by atoms with Crippen LogP contribution in [0.3, 0.4) is 0 Å². The van der Waals surface area contributed by atoms with Gasteiger partial charge in [-0.3, -0.25) is 19.3 Å². The van der Waals surface area contributed by atoms with E-state index in [0.29, 0.717) is 34.3 Å². The van der Waals surface area contributed by atoms with E-state index in [9.17, 15) is 14.4 Å². The van der Waals surface area contributed by atoms with Crippen LogP contribution in [0.4, 0.5) is 5.69 Å². The molecule has 4 aromatic carbocycles. The van der Waals surface area contributed by atoms with Crippen molar-refractivity contribution in [2.24, 2.45) is 5.92 Å². The Morgan fingerprint density at radius 2 is 1.61 bits per heavy atom. The lowest BCUT2D eigenvalue weighted by molar-refractivity contribution is -0.140. The van der Waals surface area contributed by atoms with Gasteiger partial charge in [0.2, 0.25) is 11.8 Å². The van der Waals surface area contributed by atoms with Crippen LogP contribution >= 0.6 is 23.2 Å². The van der Waals surface area contributed by atoms with Crippen LogP contribution in [-0.4, -0.2) is 41.8 Å². The molecule has 4 aromatic rings. The minimum Gasteiger partial charge on any atom is -0.354 e. The number of carbonyl (C=O) groups is 3. The molecule has 3 amide bonds. The lowest BCUT2D eigenvalue weighted by atomic mass is 10.0. The number of anilines is 1. The van der Waals surface area contributed by atoms with Gasteiger partial charge in [-0.05, 0) is 46.7 Å². The Balaban J connectivity index is 1.51. The molecular formula is C33H31Cl2N3O3. The first-order valence-electron chi connectivity index (χ1n) is 13.6. The molecule has 0 unspecified atom stereocenters. The van der Waals surface area contributed by atoms with Crippen molar-refractivity contribution in [2.75, 3.05) is 18.0 Å². The van der Waals surface area contributed by atoms with Gasteiger partial charge in [-0.1, -0.05) is 97.7 Å². The van der Waals surface area contributed by atoms with Gasteiger partial charge in [0.1, 0.15) is 12.6 Å². The molecule has 0 bridgehead atoms. The highest BCUT2D eigenvalue weighted by Crippen LogP contribution is 2.37. The van der Waals surface area contributed by atoms with Crippen molar-refractivity contribution in [1.29, 1.82) is 0 Å². The van der Waals surface area contributed by atoms with Crippen LogP contribution in [0.2, 0.25) is 10.0 Å². The number of hydrogen-bond acceptors (Lipinski definition) is 3. The van der Waals surface area contributed by atoms with Crippen molar-refractivity contribution in [1.82, 2.24) is 10.2 Å². The van der Waals surface area contributed by atoms with Gasteiger partial charge in [0.05, 0.1) is 15.7 Å². The molecule has 0 spiro atoms. The number of nitrogens with zero attached hydrogens (tertiary/aromatic N) is 2. The third kappa shape index (κ3) is 6.24. The zero-order valence-corrected chi connectivity index (χ0v) is 24.5. The van der Waals surface area contributed by atoms with E-state index in [0.717, 1.165) is 21.9 Å². The van der Waals surface area contributed by atoms with Crippen LogP contribution in [0, 0.1) is 5.92 Å². The molecule has 1 atom stereocenters. The minimum atomic E-state index is -0.825. The van der Waals surface area contributed by atoms with E-state index in [2.05, 4.69) is 5.32 Å². The van der Waals surface area contributed by atoms with Gasteiger partial charge in [-0.2, -0.15) is 0 Å². The average Bonchev–Trinajstić information content (AvgIpc) is 3.23. The SMILES string of the molecule is CC(C)CNC(=O)[C@H](Cc1ccccc1)N(Cc1ccc(Cl)c(Cl)c1)C(=O)CN1C(=O)c2cccc3cccc1c23. The lowest BCUT2D eigenvalue weighted by Gasteiger charge is -2.33. The second-order valence-corrected chi connectivity index (χ2v) is 11.5. The highest BCUT2D eigenvalue weighted by molar-refractivity contribution is 6.42.